The molecular formula is C17H26N2OS. The number of nitrogens with zero attached hydrogens (tertiary/aromatic N) is 1. The van der Waals surface area contributed by atoms with E-state index in [0.29, 0.717) is 5.91 Å². The average Bonchev–Trinajstić information content (AvgIpc) is 2.96. The van der Waals surface area contributed by atoms with Crippen LogP contribution in [0.5, 0.6) is 0 Å². The monoisotopic (exact) mass is 306 g/mol. The maximum atomic E-state index is 12.6. The predicted molar refractivity (Wildman–Crippen MR) is 87.2 cm³/mol. The van der Waals surface area contributed by atoms with Gasteiger partial charge in [0.2, 0.25) is 5.91 Å². The first-order valence-electron chi connectivity index (χ1n) is 8.38. The van der Waals surface area contributed by atoms with Crippen LogP contribution in [0.1, 0.15) is 70.0 Å². The van der Waals surface area contributed by atoms with E-state index in [4.69, 9.17) is 0 Å². The summed E-state index contributed by atoms with van der Waals surface area (Å²) in [6, 6.07) is 2.14. The van der Waals surface area contributed by atoms with Gasteiger partial charge in [0, 0.05) is 6.54 Å². The van der Waals surface area contributed by atoms with Crippen molar-refractivity contribution in [2.45, 2.75) is 70.0 Å². The van der Waals surface area contributed by atoms with Crippen molar-refractivity contribution in [2.75, 3.05) is 6.54 Å². The summed E-state index contributed by atoms with van der Waals surface area (Å²) in [5.74, 6) is 0.340. The van der Waals surface area contributed by atoms with Gasteiger partial charge in [-0.1, -0.05) is 39.0 Å². The minimum atomic E-state index is -0.200. The Labute approximate surface area is 131 Å². The Morgan fingerprint density at radius 3 is 2.71 bits per heavy atom. The van der Waals surface area contributed by atoms with Crippen molar-refractivity contribution < 1.29 is 4.79 Å². The zero-order valence-corrected chi connectivity index (χ0v) is 13.8. The summed E-state index contributed by atoms with van der Waals surface area (Å²) in [5, 5.41) is 7.85. The standard InChI is InChI=1S/C17H26N2OS/c1-2-3-4-5-6-7-11-19-15(14-8-12-21-13-14)18-17(9-10-17)16(19)20/h8,12-13,15,18H,2-7,9-11H2,1H3. The minimum absolute atomic E-state index is 0.113. The van der Waals surface area contributed by atoms with Crippen molar-refractivity contribution >= 4 is 17.2 Å². The van der Waals surface area contributed by atoms with Gasteiger partial charge in [0.1, 0.15) is 11.7 Å². The van der Waals surface area contributed by atoms with Crippen molar-refractivity contribution in [1.82, 2.24) is 10.2 Å². The van der Waals surface area contributed by atoms with Gasteiger partial charge in [-0.2, -0.15) is 11.3 Å². The van der Waals surface area contributed by atoms with Crippen LogP contribution in [0.3, 0.4) is 0 Å². The van der Waals surface area contributed by atoms with E-state index >= 15 is 0 Å². The molecule has 2 fully saturated rings. The van der Waals surface area contributed by atoms with Gasteiger partial charge in [0.15, 0.2) is 0 Å². The fourth-order valence-corrected chi connectivity index (χ4v) is 3.94. The van der Waals surface area contributed by atoms with E-state index in [0.717, 1.165) is 25.8 Å². The molecule has 1 aliphatic carbocycles. The normalized spacial score (nSPS) is 23.2. The van der Waals surface area contributed by atoms with Gasteiger partial charge in [-0.25, -0.2) is 0 Å². The van der Waals surface area contributed by atoms with E-state index in [1.165, 1.54) is 37.7 Å². The van der Waals surface area contributed by atoms with E-state index in [-0.39, 0.29) is 11.7 Å². The first kappa shape index (κ1) is 15.0. The molecule has 1 aliphatic heterocycles. The van der Waals surface area contributed by atoms with Gasteiger partial charge in [-0.05, 0) is 41.7 Å². The highest BCUT2D eigenvalue weighted by Crippen LogP contribution is 2.46. The molecule has 1 saturated heterocycles. The molecule has 1 N–H and O–H groups in total. The van der Waals surface area contributed by atoms with Crippen LogP contribution in [0.4, 0.5) is 0 Å². The lowest BCUT2D eigenvalue weighted by Crippen LogP contribution is -2.33. The lowest BCUT2D eigenvalue weighted by molar-refractivity contribution is -0.130. The molecule has 116 valence electrons. The third-order valence-corrected chi connectivity index (χ3v) is 5.46. The number of hydrogen-bond acceptors (Lipinski definition) is 3. The third kappa shape index (κ3) is 3.16. The molecular weight excluding hydrogens is 280 g/mol. The first-order valence-corrected chi connectivity index (χ1v) is 9.32. The molecule has 1 amide bonds. The SMILES string of the molecule is CCCCCCCCN1C(=O)C2(CC2)NC1c1ccsc1. The second-order valence-electron chi connectivity index (χ2n) is 6.45. The van der Waals surface area contributed by atoms with Crippen LogP contribution in [0.2, 0.25) is 0 Å². The average molecular weight is 306 g/mol. The summed E-state index contributed by atoms with van der Waals surface area (Å²) >= 11 is 1.71. The number of hydrogen-bond donors (Lipinski definition) is 1. The van der Waals surface area contributed by atoms with Gasteiger partial charge < -0.3 is 4.90 Å². The topological polar surface area (TPSA) is 32.3 Å². The highest BCUT2D eigenvalue weighted by atomic mass is 32.1. The van der Waals surface area contributed by atoms with Gasteiger partial charge in [0.25, 0.3) is 0 Å². The quantitative estimate of drug-likeness (QED) is 0.734. The number of thiophene rings is 1. The summed E-state index contributed by atoms with van der Waals surface area (Å²) < 4.78 is 0. The Morgan fingerprint density at radius 1 is 1.29 bits per heavy atom. The second kappa shape index (κ2) is 6.49. The maximum Gasteiger partial charge on any atom is 0.244 e. The molecule has 4 heteroatoms. The van der Waals surface area contributed by atoms with Crippen LogP contribution >= 0.6 is 11.3 Å². The maximum absolute atomic E-state index is 12.6. The zero-order chi connectivity index (χ0) is 14.7. The molecule has 0 aromatic carbocycles. The van der Waals surface area contributed by atoms with Crippen LogP contribution in [-0.2, 0) is 4.79 Å². The number of amides is 1. The number of carbonyl (C=O) groups is 1. The van der Waals surface area contributed by atoms with Crippen molar-refractivity contribution in [2.24, 2.45) is 0 Å². The number of carbonyl (C=O) groups excluding carboxylic acids is 1. The van der Waals surface area contributed by atoms with Crippen LogP contribution in [-0.4, -0.2) is 22.9 Å². The largest absolute Gasteiger partial charge is 0.321 e. The van der Waals surface area contributed by atoms with Crippen molar-refractivity contribution in [1.29, 1.82) is 0 Å². The minimum Gasteiger partial charge on any atom is -0.321 e. The lowest BCUT2D eigenvalue weighted by Gasteiger charge is -2.23. The molecule has 2 heterocycles. The molecule has 3 rings (SSSR count). The van der Waals surface area contributed by atoms with E-state index in [1.54, 1.807) is 11.3 Å². The van der Waals surface area contributed by atoms with E-state index in [1.807, 2.05) is 0 Å². The Bertz CT molecular complexity index is 467. The molecule has 0 radical (unpaired) electrons. The molecule has 1 aromatic heterocycles. The number of nitrogens with one attached hydrogen (secondary N) is 1. The first-order chi connectivity index (χ1) is 10.3. The molecule has 1 saturated carbocycles. The van der Waals surface area contributed by atoms with Gasteiger partial charge >= 0.3 is 0 Å². The molecule has 1 atom stereocenters. The van der Waals surface area contributed by atoms with Crippen LogP contribution in [0, 0.1) is 0 Å². The third-order valence-electron chi connectivity index (χ3n) is 4.76. The highest BCUT2D eigenvalue weighted by molar-refractivity contribution is 7.07. The van der Waals surface area contributed by atoms with E-state index < -0.39 is 0 Å². The molecule has 1 aromatic rings. The summed E-state index contributed by atoms with van der Waals surface area (Å²) in [4.78, 5) is 14.7. The Balaban J connectivity index is 1.55. The smallest absolute Gasteiger partial charge is 0.244 e. The molecule has 1 spiro atoms. The van der Waals surface area contributed by atoms with Crippen molar-refractivity contribution in [3.05, 3.63) is 22.4 Å². The van der Waals surface area contributed by atoms with Crippen LogP contribution in [0.25, 0.3) is 0 Å². The van der Waals surface area contributed by atoms with Crippen LogP contribution < -0.4 is 5.32 Å². The molecule has 2 aliphatic rings. The summed E-state index contributed by atoms with van der Waals surface area (Å²) in [7, 11) is 0. The predicted octanol–water partition coefficient (Wildman–Crippen LogP) is 4.07. The Kier molecular flexibility index (Phi) is 4.65. The summed E-state index contributed by atoms with van der Waals surface area (Å²) in [6.07, 6.45) is 9.78. The Morgan fingerprint density at radius 2 is 2.05 bits per heavy atom. The molecule has 3 nitrogen and oxygen atoms in total. The Hall–Kier alpha value is -0.870. The van der Waals surface area contributed by atoms with Crippen LogP contribution in [0.15, 0.2) is 16.8 Å². The second-order valence-corrected chi connectivity index (χ2v) is 7.23. The van der Waals surface area contributed by atoms with E-state index in [2.05, 4.69) is 34.0 Å². The highest BCUT2D eigenvalue weighted by Gasteiger charge is 2.59. The summed E-state index contributed by atoms with van der Waals surface area (Å²) in [5.41, 5.74) is 1.05. The molecule has 0 bridgehead atoms. The van der Waals surface area contributed by atoms with Crippen molar-refractivity contribution in [3.8, 4) is 0 Å². The van der Waals surface area contributed by atoms with Gasteiger partial charge in [0.05, 0.1) is 0 Å². The number of unbranched alkanes of at least 4 members (excludes halogenated alkanes) is 5. The number of rotatable bonds is 8. The summed E-state index contributed by atoms with van der Waals surface area (Å²) in [6.45, 7) is 3.15. The molecule has 21 heavy (non-hydrogen) atoms. The van der Waals surface area contributed by atoms with Gasteiger partial charge in [-0.15, -0.1) is 0 Å². The fraction of sp³-hybridized carbons (Fsp3) is 0.706. The van der Waals surface area contributed by atoms with Gasteiger partial charge in [-0.3, -0.25) is 10.1 Å². The lowest BCUT2D eigenvalue weighted by atomic mass is 10.1. The fourth-order valence-electron chi connectivity index (χ4n) is 3.26. The van der Waals surface area contributed by atoms with E-state index in [9.17, 15) is 4.79 Å². The molecule has 1 unspecified atom stereocenters. The van der Waals surface area contributed by atoms with Crippen molar-refractivity contribution in [3.63, 3.8) is 0 Å². The zero-order valence-electron chi connectivity index (χ0n) is 12.9.